The summed E-state index contributed by atoms with van der Waals surface area (Å²) in [4.78, 5) is 34.5. The van der Waals surface area contributed by atoms with Crippen LogP contribution in [-0.4, -0.2) is 39.8 Å². The van der Waals surface area contributed by atoms with Crippen LogP contribution in [0.5, 0.6) is 0 Å². The molecule has 1 aliphatic heterocycles. The van der Waals surface area contributed by atoms with Crippen molar-refractivity contribution in [3.05, 3.63) is 35.9 Å². The molecule has 1 N–H and O–H groups in total. The zero-order valence-electron chi connectivity index (χ0n) is 9.29. The number of carbonyl (C=O) groups excluding carboxylic acids is 3. The highest BCUT2D eigenvalue weighted by Gasteiger charge is 2.31. The van der Waals surface area contributed by atoms with Crippen molar-refractivity contribution in [2.45, 2.75) is 12.5 Å². The lowest BCUT2D eigenvalue weighted by molar-refractivity contribution is -0.137. The van der Waals surface area contributed by atoms with Crippen molar-refractivity contribution in [2.24, 2.45) is 0 Å². The van der Waals surface area contributed by atoms with Crippen LogP contribution < -0.4 is 5.32 Å². The van der Waals surface area contributed by atoms with Gasteiger partial charge in [-0.2, -0.15) is 0 Å². The minimum atomic E-state index is -1.12. The topological polar surface area (TPSA) is 81.7 Å². The van der Waals surface area contributed by atoms with Crippen LogP contribution in [0, 0.1) is 0 Å². The third-order valence-corrected chi connectivity index (χ3v) is 3.03. The van der Waals surface area contributed by atoms with Gasteiger partial charge in [-0.05, 0) is 12.1 Å². The Bertz CT molecular complexity index is 476. The first-order chi connectivity index (χ1) is 8.66. The number of carbonyl (C=O) groups is 3. The Morgan fingerprint density at radius 2 is 1.94 bits per heavy atom. The first-order valence-electron chi connectivity index (χ1n) is 5.24. The van der Waals surface area contributed by atoms with Crippen LogP contribution in [0.1, 0.15) is 16.8 Å². The van der Waals surface area contributed by atoms with Crippen molar-refractivity contribution in [1.82, 2.24) is 5.32 Å². The van der Waals surface area contributed by atoms with Gasteiger partial charge in [-0.3, -0.25) is 14.4 Å². The van der Waals surface area contributed by atoms with Crippen molar-refractivity contribution >= 4 is 33.7 Å². The van der Waals surface area contributed by atoms with Crippen LogP contribution in [0.4, 0.5) is 0 Å². The Labute approximate surface area is 110 Å². The zero-order chi connectivity index (χ0) is 13.0. The molecular formula is C11H9AlNO5. The standard InChI is InChI=1S/C11H11NO5.Al/c13-9(14)6-8(11(16)17)12-10(15)7-4-2-1-3-5-7;/h1-5,8H,6H2,(H,12,15)(H,13,14)(H,16,17);/q;+2/p-2. The summed E-state index contributed by atoms with van der Waals surface area (Å²) in [6.45, 7) is 0. The number of hydrogen-bond acceptors (Lipinski definition) is 5. The lowest BCUT2D eigenvalue weighted by Crippen LogP contribution is -2.42. The Hall–Kier alpha value is -1.84. The fourth-order valence-electron chi connectivity index (χ4n) is 1.45. The maximum absolute atomic E-state index is 11.8. The Morgan fingerprint density at radius 1 is 1.22 bits per heavy atom. The van der Waals surface area contributed by atoms with Crippen molar-refractivity contribution in [1.29, 1.82) is 0 Å². The van der Waals surface area contributed by atoms with E-state index in [2.05, 4.69) is 9.11 Å². The van der Waals surface area contributed by atoms with Gasteiger partial charge in [0.1, 0.15) is 6.04 Å². The third kappa shape index (κ3) is 3.09. The van der Waals surface area contributed by atoms with E-state index in [0.717, 1.165) is 0 Å². The van der Waals surface area contributed by atoms with Gasteiger partial charge in [0.15, 0.2) is 0 Å². The summed E-state index contributed by atoms with van der Waals surface area (Å²) in [5.74, 6) is -1.61. The number of amides is 1. The summed E-state index contributed by atoms with van der Waals surface area (Å²) in [5.41, 5.74) is 0.412. The second-order valence-electron chi connectivity index (χ2n) is 3.62. The van der Waals surface area contributed by atoms with E-state index < -0.39 is 39.8 Å². The molecule has 91 valence electrons. The van der Waals surface area contributed by atoms with Gasteiger partial charge in [0.2, 0.25) is 0 Å². The predicted octanol–water partition coefficient (Wildman–Crippen LogP) is -0.191. The lowest BCUT2D eigenvalue weighted by atomic mass is 10.1. The summed E-state index contributed by atoms with van der Waals surface area (Å²) in [6.07, 6.45) is -0.204. The molecule has 0 aromatic heterocycles. The summed E-state index contributed by atoms with van der Waals surface area (Å²) in [7, 11) is 0. The normalized spacial score (nSPS) is 19.0. The van der Waals surface area contributed by atoms with Crippen molar-refractivity contribution in [2.75, 3.05) is 0 Å². The molecule has 1 aromatic carbocycles. The van der Waals surface area contributed by atoms with E-state index in [1.165, 1.54) is 0 Å². The molecule has 18 heavy (non-hydrogen) atoms. The molecule has 0 bridgehead atoms. The van der Waals surface area contributed by atoms with E-state index >= 15 is 0 Å². The molecule has 1 amide bonds. The van der Waals surface area contributed by atoms with Crippen LogP contribution in [-0.2, 0) is 17.2 Å². The van der Waals surface area contributed by atoms with E-state index in [-0.39, 0.29) is 6.42 Å². The van der Waals surface area contributed by atoms with E-state index in [1.807, 2.05) is 0 Å². The minimum Gasteiger partial charge on any atom is -0.589 e. The smallest absolute Gasteiger partial charge is 0.589 e. The van der Waals surface area contributed by atoms with E-state index in [1.54, 1.807) is 30.3 Å². The number of benzene rings is 1. The molecule has 1 saturated heterocycles. The van der Waals surface area contributed by atoms with E-state index in [9.17, 15) is 14.4 Å². The molecule has 1 aromatic rings. The molecule has 7 heteroatoms. The SMILES string of the molecule is O=C1CC(NC(=O)c2ccccc2)C(=O)[O][Al][O]1. The molecule has 1 unspecified atom stereocenters. The fourth-order valence-corrected chi connectivity index (χ4v) is 1.96. The maximum Gasteiger partial charge on any atom is 0.885 e. The molecule has 2 rings (SSSR count). The monoisotopic (exact) mass is 262 g/mol. The number of nitrogens with one attached hydrogen (secondary N) is 1. The second kappa shape index (κ2) is 5.67. The minimum absolute atomic E-state index is 0.204. The molecule has 0 saturated carbocycles. The first-order valence-corrected chi connectivity index (χ1v) is 6.18. The van der Waals surface area contributed by atoms with Gasteiger partial charge in [-0.15, -0.1) is 0 Å². The highest BCUT2D eigenvalue weighted by atomic mass is 27.2. The quantitative estimate of drug-likeness (QED) is 0.747. The van der Waals surface area contributed by atoms with Crippen molar-refractivity contribution in [3.8, 4) is 0 Å². The van der Waals surface area contributed by atoms with Gasteiger partial charge in [-0.25, -0.2) is 0 Å². The van der Waals surface area contributed by atoms with Gasteiger partial charge >= 0.3 is 15.9 Å². The van der Waals surface area contributed by atoms with Crippen LogP contribution in [0.25, 0.3) is 0 Å². The largest absolute Gasteiger partial charge is 0.885 e. The predicted molar refractivity (Wildman–Crippen MR) is 60.3 cm³/mol. The molecule has 0 spiro atoms. The van der Waals surface area contributed by atoms with Crippen LogP contribution in [0.3, 0.4) is 0 Å². The van der Waals surface area contributed by atoms with Gasteiger partial charge in [0, 0.05) is 5.56 Å². The average molecular weight is 262 g/mol. The van der Waals surface area contributed by atoms with Crippen LogP contribution >= 0.6 is 0 Å². The maximum atomic E-state index is 11.8. The van der Waals surface area contributed by atoms with Gasteiger partial charge in [0.05, 0.1) is 6.42 Å². The lowest BCUT2D eigenvalue weighted by Gasteiger charge is -2.13. The van der Waals surface area contributed by atoms with Gasteiger partial charge in [-0.1, -0.05) is 18.2 Å². The highest BCUT2D eigenvalue weighted by molar-refractivity contribution is 6.27. The zero-order valence-corrected chi connectivity index (χ0v) is 10.4. The molecule has 6 nitrogen and oxygen atoms in total. The second-order valence-corrected chi connectivity index (χ2v) is 4.28. The average Bonchev–Trinajstić information content (AvgIpc) is 2.53. The third-order valence-electron chi connectivity index (χ3n) is 2.34. The molecule has 1 radical (unpaired) electrons. The molecule has 1 aliphatic rings. The van der Waals surface area contributed by atoms with Gasteiger partial charge < -0.3 is 12.9 Å². The molecule has 1 fully saturated rings. The summed E-state index contributed by atoms with van der Waals surface area (Å²) in [5, 5.41) is 2.45. The van der Waals surface area contributed by atoms with Crippen molar-refractivity contribution in [3.63, 3.8) is 0 Å². The van der Waals surface area contributed by atoms with Gasteiger partial charge in [0.25, 0.3) is 17.8 Å². The Balaban J connectivity index is 2.05. The Kier molecular flexibility index (Phi) is 3.97. The van der Waals surface area contributed by atoms with Crippen LogP contribution in [0.2, 0.25) is 0 Å². The van der Waals surface area contributed by atoms with E-state index in [4.69, 9.17) is 3.79 Å². The molecule has 1 atom stereocenters. The Morgan fingerprint density at radius 3 is 2.67 bits per heavy atom. The summed E-state index contributed by atoms with van der Waals surface area (Å²) in [6, 6.07) is 7.43. The fraction of sp³-hybridized carbons (Fsp3) is 0.182. The first kappa shape index (κ1) is 12.6. The molecule has 0 aliphatic carbocycles. The molecule has 1 heterocycles. The number of rotatable bonds is 2. The van der Waals surface area contributed by atoms with Crippen LogP contribution in [0.15, 0.2) is 30.3 Å². The summed E-state index contributed by atoms with van der Waals surface area (Å²) < 4.78 is 9.35. The highest BCUT2D eigenvalue weighted by Crippen LogP contribution is 2.05. The number of hydrogen-bond donors (Lipinski definition) is 1. The molecular weight excluding hydrogens is 253 g/mol. The van der Waals surface area contributed by atoms with Crippen molar-refractivity contribution < 1.29 is 22.0 Å². The van der Waals surface area contributed by atoms with E-state index in [0.29, 0.717) is 5.56 Å². The summed E-state index contributed by atoms with van der Waals surface area (Å²) >= 11 is -1.12.